The van der Waals surface area contributed by atoms with Gasteiger partial charge >= 0.3 is 0 Å². The SMILES string of the molecule is [3H]C([3H])(O)c1ccc2ccccc2c1. The minimum absolute atomic E-state index is 0.288. The van der Waals surface area contributed by atoms with Gasteiger partial charge in [0.25, 0.3) is 0 Å². The van der Waals surface area contributed by atoms with Crippen LogP contribution in [-0.4, -0.2) is 5.11 Å². The van der Waals surface area contributed by atoms with Crippen LogP contribution in [0.15, 0.2) is 42.5 Å². The number of fused-ring (bicyclic) bond motifs is 1. The third-order valence-electron chi connectivity index (χ3n) is 1.88. The van der Waals surface area contributed by atoms with Gasteiger partial charge in [0.05, 0.1) is 9.30 Å². The maximum atomic E-state index is 9.18. The van der Waals surface area contributed by atoms with E-state index in [1.807, 2.05) is 24.3 Å². The van der Waals surface area contributed by atoms with Crippen molar-refractivity contribution in [1.29, 1.82) is 0 Å². The fourth-order valence-electron chi connectivity index (χ4n) is 1.26. The van der Waals surface area contributed by atoms with Crippen LogP contribution in [0.4, 0.5) is 0 Å². The monoisotopic (exact) mass is 162 g/mol. The van der Waals surface area contributed by atoms with Crippen LogP contribution in [0.5, 0.6) is 0 Å². The number of hydrogen-bond acceptors (Lipinski definition) is 1. The highest BCUT2D eigenvalue weighted by Crippen LogP contribution is 2.15. The summed E-state index contributed by atoms with van der Waals surface area (Å²) in [4.78, 5) is 0. The summed E-state index contributed by atoms with van der Waals surface area (Å²) in [6, 6.07) is 12.7. The quantitative estimate of drug-likeness (QED) is 0.682. The lowest BCUT2D eigenvalue weighted by molar-refractivity contribution is 0.282. The van der Waals surface area contributed by atoms with E-state index in [-0.39, 0.29) is 5.56 Å². The molecule has 0 unspecified atom stereocenters. The Balaban J connectivity index is 2.63. The van der Waals surface area contributed by atoms with Gasteiger partial charge in [0.15, 0.2) is 0 Å². The lowest BCUT2D eigenvalue weighted by atomic mass is 10.1. The first-order valence-electron chi connectivity index (χ1n) is 4.79. The third kappa shape index (κ3) is 1.19. The normalized spacial score (nSPS) is 14.1. The summed E-state index contributed by atoms with van der Waals surface area (Å²) in [5.74, 6) is 0. The van der Waals surface area contributed by atoms with E-state index in [9.17, 15) is 5.11 Å². The van der Waals surface area contributed by atoms with Crippen LogP contribution < -0.4 is 0 Å². The molecule has 0 saturated heterocycles. The van der Waals surface area contributed by atoms with Crippen molar-refractivity contribution in [3.8, 4) is 0 Å². The largest absolute Gasteiger partial charge is 0.392 e. The summed E-state index contributed by atoms with van der Waals surface area (Å²) in [5, 5.41) is 11.2. The van der Waals surface area contributed by atoms with Gasteiger partial charge < -0.3 is 5.11 Å². The van der Waals surface area contributed by atoms with Crippen LogP contribution in [-0.2, 0) is 6.56 Å². The second-order valence-electron chi connectivity index (χ2n) is 2.67. The molecule has 60 valence electrons. The Morgan fingerprint density at radius 1 is 1.08 bits per heavy atom. The summed E-state index contributed by atoms with van der Waals surface area (Å²) in [6.45, 7) is -2.26. The maximum absolute atomic E-state index is 9.18. The van der Waals surface area contributed by atoms with E-state index in [4.69, 9.17) is 2.74 Å². The van der Waals surface area contributed by atoms with Crippen LogP contribution in [0.1, 0.15) is 8.30 Å². The van der Waals surface area contributed by atoms with E-state index in [2.05, 4.69) is 0 Å². The molecule has 1 N–H and O–H groups in total. The van der Waals surface area contributed by atoms with E-state index in [1.165, 1.54) is 0 Å². The van der Waals surface area contributed by atoms with Crippen molar-refractivity contribution < 1.29 is 7.85 Å². The first kappa shape index (κ1) is 5.33. The van der Waals surface area contributed by atoms with Gasteiger partial charge in [-0.3, -0.25) is 0 Å². The zero-order valence-electron chi connectivity index (χ0n) is 8.49. The lowest BCUT2D eigenvalue weighted by Gasteiger charge is -1.99. The molecular formula is C11H10O. The Kier molecular flexibility index (Phi) is 1.31. The highest BCUT2D eigenvalue weighted by molar-refractivity contribution is 5.82. The molecule has 0 spiro atoms. The number of hydrogen-bond donors (Lipinski definition) is 1. The molecule has 0 aromatic heterocycles. The standard InChI is InChI=1S/C11H10O/c12-8-9-5-6-10-3-1-2-4-11(10)7-9/h1-7,12H,8H2/i8T2. The Hall–Kier alpha value is -1.34. The Morgan fingerprint density at radius 2 is 1.83 bits per heavy atom. The van der Waals surface area contributed by atoms with Crippen molar-refractivity contribution in [2.24, 2.45) is 0 Å². The number of benzene rings is 2. The van der Waals surface area contributed by atoms with Crippen molar-refractivity contribution in [3.05, 3.63) is 48.0 Å². The zero-order chi connectivity index (χ0) is 10.2. The molecule has 12 heavy (non-hydrogen) atoms. The number of rotatable bonds is 1. The van der Waals surface area contributed by atoms with Gasteiger partial charge in [-0.2, -0.15) is 0 Å². The fraction of sp³-hybridized carbons (Fsp3) is 0.0909. The maximum Gasteiger partial charge on any atom is 0.0682 e. The first-order chi connectivity index (χ1) is 6.57. The molecule has 0 bridgehead atoms. The van der Waals surface area contributed by atoms with Crippen LogP contribution in [0.25, 0.3) is 10.8 Å². The molecule has 0 atom stereocenters. The number of aliphatic hydroxyl groups is 1. The van der Waals surface area contributed by atoms with Gasteiger partial charge in [0.1, 0.15) is 0 Å². The molecule has 2 rings (SSSR count). The van der Waals surface area contributed by atoms with Crippen molar-refractivity contribution in [1.82, 2.24) is 0 Å². The summed E-state index contributed by atoms with van der Waals surface area (Å²) < 4.78 is 14.3. The molecule has 0 fully saturated rings. The molecule has 0 heterocycles. The fourth-order valence-corrected chi connectivity index (χ4v) is 1.26. The predicted octanol–water partition coefficient (Wildman–Crippen LogP) is 2.33. The van der Waals surface area contributed by atoms with E-state index >= 15 is 0 Å². The molecule has 1 nitrogen and oxygen atoms in total. The zero-order valence-corrected chi connectivity index (χ0v) is 6.49. The summed E-state index contributed by atoms with van der Waals surface area (Å²) in [6.07, 6.45) is 0. The Morgan fingerprint density at radius 3 is 2.58 bits per heavy atom. The smallest absolute Gasteiger partial charge is 0.0682 e. The highest BCUT2D eigenvalue weighted by Gasteiger charge is 1.92. The van der Waals surface area contributed by atoms with Gasteiger partial charge in [-0.05, 0) is 22.4 Å². The average Bonchev–Trinajstić information content (AvgIpc) is 2.16. The first-order valence-corrected chi connectivity index (χ1v) is 3.79. The van der Waals surface area contributed by atoms with Crippen LogP contribution in [0, 0.1) is 0 Å². The van der Waals surface area contributed by atoms with Crippen LogP contribution in [0.2, 0.25) is 0 Å². The second-order valence-corrected chi connectivity index (χ2v) is 2.67. The molecular weight excluding hydrogens is 148 g/mol. The minimum Gasteiger partial charge on any atom is -0.392 e. The van der Waals surface area contributed by atoms with Gasteiger partial charge in [0.2, 0.25) is 0 Å². The van der Waals surface area contributed by atoms with E-state index in [1.54, 1.807) is 18.2 Å². The van der Waals surface area contributed by atoms with Crippen LogP contribution >= 0.6 is 0 Å². The predicted molar refractivity (Wildman–Crippen MR) is 49.9 cm³/mol. The van der Waals surface area contributed by atoms with Gasteiger partial charge in [-0.1, -0.05) is 36.4 Å². The Labute approximate surface area is 74.1 Å². The third-order valence-corrected chi connectivity index (χ3v) is 1.88. The van der Waals surface area contributed by atoms with Crippen LogP contribution in [0.3, 0.4) is 0 Å². The summed E-state index contributed by atoms with van der Waals surface area (Å²) in [5.41, 5.74) is 0.288. The Bertz CT molecular complexity index is 460. The van der Waals surface area contributed by atoms with Crippen molar-refractivity contribution >= 4 is 10.8 Å². The van der Waals surface area contributed by atoms with Crippen molar-refractivity contribution in [2.75, 3.05) is 0 Å². The van der Waals surface area contributed by atoms with E-state index in [0.29, 0.717) is 0 Å². The summed E-state index contributed by atoms with van der Waals surface area (Å²) in [7, 11) is 0. The molecule has 0 aliphatic rings. The lowest BCUT2D eigenvalue weighted by Crippen LogP contribution is -1.81. The average molecular weight is 162 g/mol. The van der Waals surface area contributed by atoms with E-state index < -0.39 is 6.56 Å². The summed E-state index contributed by atoms with van der Waals surface area (Å²) >= 11 is 0. The molecule has 0 amide bonds. The second kappa shape index (κ2) is 2.95. The highest BCUT2D eigenvalue weighted by atomic mass is 16.3. The molecule has 0 aliphatic heterocycles. The van der Waals surface area contributed by atoms with E-state index in [0.717, 1.165) is 10.8 Å². The molecule has 2 aromatic carbocycles. The van der Waals surface area contributed by atoms with Crippen molar-refractivity contribution in [2.45, 2.75) is 6.56 Å². The minimum atomic E-state index is -2.26. The molecule has 0 aliphatic carbocycles. The van der Waals surface area contributed by atoms with Crippen molar-refractivity contribution in [3.63, 3.8) is 0 Å². The topological polar surface area (TPSA) is 20.2 Å². The van der Waals surface area contributed by atoms with Gasteiger partial charge in [-0.25, -0.2) is 0 Å². The van der Waals surface area contributed by atoms with Gasteiger partial charge in [-0.15, -0.1) is 0 Å². The molecule has 2 aromatic rings. The molecule has 0 saturated carbocycles. The molecule has 0 radical (unpaired) electrons. The molecule has 1 heteroatoms. The van der Waals surface area contributed by atoms with Gasteiger partial charge in [0, 0.05) is 0 Å².